The van der Waals surface area contributed by atoms with Crippen molar-refractivity contribution in [2.75, 3.05) is 57.3 Å². The largest absolute Gasteiger partial charge is 0.396 e. The van der Waals surface area contributed by atoms with E-state index >= 15 is 0 Å². The van der Waals surface area contributed by atoms with Crippen molar-refractivity contribution in [3.8, 4) is 0 Å². The number of halogens is 1. The Balaban J connectivity index is 1.64. The van der Waals surface area contributed by atoms with Crippen LogP contribution in [0.15, 0.2) is 18.2 Å². The number of nitrogens with zero attached hydrogens (tertiary/aromatic N) is 3. The van der Waals surface area contributed by atoms with Crippen LogP contribution in [0.5, 0.6) is 0 Å². The predicted octanol–water partition coefficient (Wildman–Crippen LogP) is 1.81. The van der Waals surface area contributed by atoms with Crippen LogP contribution in [0.4, 0.5) is 10.1 Å². The molecule has 2 fully saturated rings. The van der Waals surface area contributed by atoms with Crippen LogP contribution in [-0.2, 0) is 0 Å². The van der Waals surface area contributed by atoms with E-state index in [-0.39, 0.29) is 24.2 Å². The molecule has 6 heteroatoms. The van der Waals surface area contributed by atoms with E-state index in [2.05, 4.69) is 16.7 Å². The summed E-state index contributed by atoms with van der Waals surface area (Å²) >= 11 is 0. The number of piperidine rings is 1. The van der Waals surface area contributed by atoms with Gasteiger partial charge in [-0.05, 0) is 43.5 Å². The van der Waals surface area contributed by atoms with Gasteiger partial charge in [-0.3, -0.25) is 4.79 Å². The molecular weight excluding hydrogens is 321 g/mol. The quantitative estimate of drug-likeness (QED) is 0.901. The molecule has 0 aromatic heterocycles. The monoisotopic (exact) mass is 349 g/mol. The molecule has 0 aliphatic carbocycles. The van der Waals surface area contributed by atoms with Gasteiger partial charge in [0.15, 0.2) is 0 Å². The summed E-state index contributed by atoms with van der Waals surface area (Å²) in [6.07, 6.45) is 1.62. The molecule has 1 amide bonds. The second-order valence-electron chi connectivity index (χ2n) is 7.01. The number of aliphatic hydroxyl groups excluding tert-OH is 1. The highest BCUT2D eigenvalue weighted by atomic mass is 19.1. The summed E-state index contributed by atoms with van der Waals surface area (Å²) in [6, 6.07) is 4.86. The van der Waals surface area contributed by atoms with Crippen molar-refractivity contribution in [3.05, 3.63) is 29.6 Å². The molecule has 0 saturated carbocycles. The number of carbonyl (C=O) groups excluding carboxylic acids is 1. The maximum Gasteiger partial charge on any atom is 0.253 e. The molecule has 0 atom stereocenters. The van der Waals surface area contributed by atoms with Gasteiger partial charge < -0.3 is 19.8 Å². The molecule has 2 aliphatic rings. The number of carbonyl (C=O) groups is 1. The molecular formula is C19H28FN3O2. The van der Waals surface area contributed by atoms with Gasteiger partial charge in [-0.15, -0.1) is 0 Å². The highest BCUT2D eigenvalue weighted by Gasteiger charge is 2.25. The summed E-state index contributed by atoms with van der Waals surface area (Å²) in [4.78, 5) is 18.8. The van der Waals surface area contributed by atoms with Gasteiger partial charge in [0, 0.05) is 51.4 Å². The zero-order valence-electron chi connectivity index (χ0n) is 15.0. The van der Waals surface area contributed by atoms with Crippen molar-refractivity contribution in [2.24, 2.45) is 5.92 Å². The van der Waals surface area contributed by atoms with E-state index in [1.165, 1.54) is 6.07 Å². The fraction of sp³-hybridized carbons (Fsp3) is 0.632. The van der Waals surface area contributed by atoms with Crippen LogP contribution in [0.25, 0.3) is 0 Å². The van der Waals surface area contributed by atoms with Crippen LogP contribution in [0.1, 0.15) is 30.1 Å². The maximum atomic E-state index is 14.6. The van der Waals surface area contributed by atoms with E-state index in [0.29, 0.717) is 24.3 Å². The number of amides is 1. The van der Waals surface area contributed by atoms with Gasteiger partial charge in [0.25, 0.3) is 5.91 Å². The lowest BCUT2D eigenvalue weighted by atomic mass is 9.97. The standard InChI is InChI=1S/C19H28FN3O2/c1-2-21-9-11-22(12-10-21)18-4-3-16(13-17(18)20)19(25)23-7-5-15(14-24)6-8-23/h3-4,13,15,24H,2,5-12,14H2,1H3. The number of piperazine rings is 1. The second-order valence-corrected chi connectivity index (χ2v) is 7.01. The summed E-state index contributed by atoms with van der Waals surface area (Å²) in [7, 11) is 0. The maximum absolute atomic E-state index is 14.6. The lowest BCUT2D eigenvalue weighted by Crippen LogP contribution is -2.46. The first-order valence-corrected chi connectivity index (χ1v) is 9.29. The van der Waals surface area contributed by atoms with Crippen molar-refractivity contribution in [1.82, 2.24) is 9.80 Å². The number of hydrogen-bond acceptors (Lipinski definition) is 4. The van der Waals surface area contributed by atoms with E-state index in [1.807, 2.05) is 0 Å². The summed E-state index contributed by atoms with van der Waals surface area (Å²) in [5.74, 6) is -0.149. The Kier molecular flexibility index (Phi) is 5.91. The van der Waals surface area contributed by atoms with Crippen molar-refractivity contribution in [2.45, 2.75) is 19.8 Å². The minimum atomic E-state index is -0.318. The Labute approximate surface area is 149 Å². The molecule has 0 radical (unpaired) electrons. The molecule has 1 aromatic carbocycles. The Morgan fingerprint density at radius 3 is 2.40 bits per heavy atom. The molecule has 1 aromatic rings. The molecule has 5 nitrogen and oxygen atoms in total. The molecule has 0 unspecified atom stereocenters. The summed E-state index contributed by atoms with van der Waals surface area (Å²) in [5, 5.41) is 9.20. The zero-order valence-corrected chi connectivity index (χ0v) is 15.0. The molecule has 25 heavy (non-hydrogen) atoms. The number of anilines is 1. The van der Waals surface area contributed by atoms with Gasteiger partial charge in [-0.2, -0.15) is 0 Å². The molecule has 2 saturated heterocycles. The molecule has 0 bridgehead atoms. The molecule has 1 N–H and O–H groups in total. The van der Waals surface area contributed by atoms with Crippen LogP contribution in [-0.4, -0.2) is 73.2 Å². The van der Waals surface area contributed by atoms with Gasteiger partial charge in [-0.1, -0.05) is 6.92 Å². The first-order valence-electron chi connectivity index (χ1n) is 9.29. The lowest BCUT2D eigenvalue weighted by Gasteiger charge is -2.35. The van der Waals surface area contributed by atoms with E-state index < -0.39 is 0 Å². The van der Waals surface area contributed by atoms with Gasteiger partial charge in [0.05, 0.1) is 5.69 Å². The predicted molar refractivity (Wildman–Crippen MR) is 96.4 cm³/mol. The Hall–Kier alpha value is -1.66. The smallest absolute Gasteiger partial charge is 0.253 e. The van der Waals surface area contributed by atoms with Crippen molar-refractivity contribution in [1.29, 1.82) is 0 Å². The summed E-state index contributed by atoms with van der Waals surface area (Å²) in [6.45, 7) is 8.11. The van der Waals surface area contributed by atoms with Crippen LogP contribution >= 0.6 is 0 Å². The van der Waals surface area contributed by atoms with E-state index in [4.69, 9.17) is 0 Å². The van der Waals surface area contributed by atoms with Crippen LogP contribution < -0.4 is 4.90 Å². The van der Waals surface area contributed by atoms with Gasteiger partial charge in [0.1, 0.15) is 5.82 Å². The number of hydrogen-bond donors (Lipinski definition) is 1. The number of benzene rings is 1. The number of rotatable bonds is 4. The first-order chi connectivity index (χ1) is 12.1. The third-order valence-corrected chi connectivity index (χ3v) is 5.51. The Bertz CT molecular complexity index is 594. The minimum Gasteiger partial charge on any atom is -0.396 e. The number of likely N-dealkylation sites (N-methyl/N-ethyl adjacent to an activating group) is 1. The first kappa shape index (κ1) is 18.1. The fourth-order valence-corrected chi connectivity index (χ4v) is 3.70. The number of aliphatic hydroxyl groups is 1. The Morgan fingerprint density at radius 2 is 1.84 bits per heavy atom. The second kappa shape index (κ2) is 8.15. The van der Waals surface area contributed by atoms with Crippen LogP contribution in [0, 0.1) is 11.7 Å². The SMILES string of the molecule is CCN1CCN(c2ccc(C(=O)N3CCC(CO)CC3)cc2F)CC1. The third kappa shape index (κ3) is 4.12. The third-order valence-electron chi connectivity index (χ3n) is 5.51. The molecule has 3 rings (SSSR count). The average molecular weight is 349 g/mol. The highest BCUT2D eigenvalue weighted by Crippen LogP contribution is 2.24. The van der Waals surface area contributed by atoms with Crippen molar-refractivity contribution < 1.29 is 14.3 Å². The fourth-order valence-electron chi connectivity index (χ4n) is 3.70. The molecule has 2 heterocycles. The van der Waals surface area contributed by atoms with Crippen LogP contribution in [0.3, 0.4) is 0 Å². The van der Waals surface area contributed by atoms with E-state index in [1.54, 1.807) is 17.0 Å². The van der Waals surface area contributed by atoms with Crippen LogP contribution in [0.2, 0.25) is 0 Å². The Morgan fingerprint density at radius 1 is 1.16 bits per heavy atom. The highest BCUT2D eigenvalue weighted by molar-refractivity contribution is 5.94. The summed E-state index contributed by atoms with van der Waals surface area (Å²) in [5.41, 5.74) is 1.00. The molecule has 0 spiro atoms. The van der Waals surface area contributed by atoms with Gasteiger partial charge in [-0.25, -0.2) is 4.39 Å². The topological polar surface area (TPSA) is 47.0 Å². The molecule has 2 aliphatic heterocycles. The number of likely N-dealkylation sites (tertiary alicyclic amines) is 1. The zero-order chi connectivity index (χ0) is 17.8. The lowest BCUT2D eigenvalue weighted by molar-refractivity contribution is 0.0650. The van der Waals surface area contributed by atoms with Crippen molar-refractivity contribution in [3.63, 3.8) is 0 Å². The summed E-state index contributed by atoms with van der Waals surface area (Å²) < 4.78 is 14.6. The minimum absolute atomic E-state index is 0.113. The van der Waals surface area contributed by atoms with E-state index in [0.717, 1.165) is 45.6 Å². The van der Waals surface area contributed by atoms with Gasteiger partial charge >= 0.3 is 0 Å². The van der Waals surface area contributed by atoms with E-state index in [9.17, 15) is 14.3 Å². The van der Waals surface area contributed by atoms with Crippen molar-refractivity contribution >= 4 is 11.6 Å². The molecule has 138 valence electrons. The normalized spacial score (nSPS) is 20.1. The average Bonchev–Trinajstić information content (AvgIpc) is 2.67. The van der Waals surface area contributed by atoms with Gasteiger partial charge in [0.2, 0.25) is 0 Å².